The van der Waals surface area contributed by atoms with E-state index >= 15 is 0 Å². The van der Waals surface area contributed by atoms with Gasteiger partial charge in [0.25, 0.3) is 5.91 Å². The fourth-order valence-electron chi connectivity index (χ4n) is 3.18. The number of esters is 1. The SMILES string of the molecule is CCOc1ccc(C(=O)O[C@@H](C)C(=O)N[C@@H]2CCCC[C@@H]2C)cc1OC. The molecule has 1 aliphatic rings. The van der Waals surface area contributed by atoms with Crippen LogP contribution in [0.2, 0.25) is 0 Å². The molecule has 3 atom stereocenters. The summed E-state index contributed by atoms with van der Waals surface area (Å²) >= 11 is 0. The van der Waals surface area contributed by atoms with Gasteiger partial charge < -0.3 is 19.5 Å². The number of hydrogen-bond acceptors (Lipinski definition) is 5. The summed E-state index contributed by atoms with van der Waals surface area (Å²) in [7, 11) is 1.51. The first-order valence-corrected chi connectivity index (χ1v) is 9.28. The molecule has 0 saturated heterocycles. The highest BCUT2D eigenvalue weighted by Crippen LogP contribution is 2.28. The van der Waals surface area contributed by atoms with Gasteiger partial charge in [-0.2, -0.15) is 0 Å². The molecule has 26 heavy (non-hydrogen) atoms. The van der Waals surface area contributed by atoms with Crippen LogP contribution in [0.25, 0.3) is 0 Å². The van der Waals surface area contributed by atoms with Crippen molar-refractivity contribution >= 4 is 11.9 Å². The Kier molecular flexibility index (Phi) is 7.30. The van der Waals surface area contributed by atoms with Gasteiger partial charge in [-0.15, -0.1) is 0 Å². The van der Waals surface area contributed by atoms with Gasteiger partial charge in [-0.3, -0.25) is 4.79 Å². The minimum Gasteiger partial charge on any atom is -0.493 e. The molecule has 1 N–H and O–H groups in total. The van der Waals surface area contributed by atoms with Gasteiger partial charge in [0, 0.05) is 6.04 Å². The van der Waals surface area contributed by atoms with Gasteiger partial charge in [0.1, 0.15) is 0 Å². The topological polar surface area (TPSA) is 73.9 Å². The van der Waals surface area contributed by atoms with Crippen molar-refractivity contribution in [1.82, 2.24) is 5.32 Å². The smallest absolute Gasteiger partial charge is 0.339 e. The van der Waals surface area contributed by atoms with Crippen LogP contribution in [0.4, 0.5) is 0 Å². The average molecular weight is 363 g/mol. The third-order valence-corrected chi connectivity index (χ3v) is 4.79. The van der Waals surface area contributed by atoms with Gasteiger partial charge in [-0.05, 0) is 50.8 Å². The van der Waals surface area contributed by atoms with Crippen molar-refractivity contribution in [1.29, 1.82) is 0 Å². The first-order valence-electron chi connectivity index (χ1n) is 9.28. The molecule has 144 valence electrons. The van der Waals surface area contributed by atoms with Crippen molar-refractivity contribution < 1.29 is 23.8 Å². The number of nitrogens with one attached hydrogen (secondary N) is 1. The number of hydrogen-bond donors (Lipinski definition) is 1. The summed E-state index contributed by atoms with van der Waals surface area (Å²) in [4.78, 5) is 24.7. The number of benzene rings is 1. The van der Waals surface area contributed by atoms with Crippen LogP contribution in [0.3, 0.4) is 0 Å². The van der Waals surface area contributed by atoms with Gasteiger partial charge in [-0.1, -0.05) is 19.8 Å². The molecule has 1 saturated carbocycles. The highest BCUT2D eigenvalue weighted by Gasteiger charge is 2.26. The lowest BCUT2D eigenvalue weighted by atomic mass is 9.86. The number of amides is 1. The zero-order chi connectivity index (χ0) is 19.1. The number of methoxy groups -OCH3 is 1. The Bertz CT molecular complexity index is 631. The Morgan fingerprint density at radius 2 is 1.96 bits per heavy atom. The maximum absolute atomic E-state index is 12.4. The molecular weight excluding hydrogens is 334 g/mol. The van der Waals surface area contributed by atoms with E-state index in [2.05, 4.69) is 12.2 Å². The second kappa shape index (κ2) is 9.46. The molecule has 1 aromatic carbocycles. The van der Waals surface area contributed by atoms with Crippen molar-refractivity contribution in [2.75, 3.05) is 13.7 Å². The summed E-state index contributed by atoms with van der Waals surface area (Å²) in [6, 6.07) is 4.97. The number of carbonyl (C=O) groups is 2. The van der Waals surface area contributed by atoms with Crippen LogP contribution in [0.1, 0.15) is 56.8 Å². The molecule has 2 rings (SSSR count). The first kappa shape index (κ1) is 20.1. The quantitative estimate of drug-likeness (QED) is 0.752. The maximum atomic E-state index is 12.4. The molecule has 0 aliphatic heterocycles. The zero-order valence-corrected chi connectivity index (χ0v) is 16.0. The summed E-state index contributed by atoms with van der Waals surface area (Å²) in [5.41, 5.74) is 0.316. The molecule has 0 unspecified atom stereocenters. The molecular formula is C20H29NO5. The predicted octanol–water partition coefficient (Wildman–Crippen LogP) is 3.33. The van der Waals surface area contributed by atoms with Gasteiger partial charge in [0.05, 0.1) is 19.3 Å². The van der Waals surface area contributed by atoms with Gasteiger partial charge >= 0.3 is 5.97 Å². The third kappa shape index (κ3) is 5.13. The third-order valence-electron chi connectivity index (χ3n) is 4.79. The monoisotopic (exact) mass is 363 g/mol. The summed E-state index contributed by atoms with van der Waals surface area (Å²) in [5, 5.41) is 3.01. The van der Waals surface area contributed by atoms with Crippen LogP contribution in [-0.2, 0) is 9.53 Å². The second-order valence-electron chi connectivity index (χ2n) is 6.72. The predicted molar refractivity (Wildman–Crippen MR) is 98.6 cm³/mol. The zero-order valence-electron chi connectivity index (χ0n) is 16.0. The Balaban J connectivity index is 1.96. The van der Waals surface area contributed by atoms with Crippen LogP contribution in [0, 0.1) is 5.92 Å². The van der Waals surface area contributed by atoms with Crippen LogP contribution in [0.5, 0.6) is 11.5 Å². The molecule has 0 heterocycles. The lowest BCUT2D eigenvalue weighted by Crippen LogP contribution is -2.45. The van der Waals surface area contributed by atoms with E-state index in [1.165, 1.54) is 13.5 Å². The van der Waals surface area contributed by atoms with E-state index in [4.69, 9.17) is 14.2 Å². The molecule has 0 aromatic heterocycles. The lowest BCUT2D eigenvalue weighted by molar-refractivity contribution is -0.130. The van der Waals surface area contributed by atoms with E-state index in [-0.39, 0.29) is 11.9 Å². The second-order valence-corrected chi connectivity index (χ2v) is 6.72. The van der Waals surface area contributed by atoms with Crippen molar-refractivity contribution in [2.45, 2.75) is 58.6 Å². The molecule has 1 aliphatic carbocycles. The number of rotatable bonds is 7. The molecule has 6 heteroatoms. The number of carbonyl (C=O) groups excluding carboxylic acids is 2. The Morgan fingerprint density at radius 1 is 1.23 bits per heavy atom. The first-order chi connectivity index (χ1) is 12.5. The summed E-state index contributed by atoms with van der Waals surface area (Å²) in [6.45, 7) is 6.10. The molecule has 6 nitrogen and oxygen atoms in total. The van der Waals surface area contributed by atoms with Gasteiger partial charge in [0.15, 0.2) is 17.6 Å². The molecule has 0 spiro atoms. The van der Waals surface area contributed by atoms with Crippen molar-refractivity contribution in [3.63, 3.8) is 0 Å². The highest BCUT2D eigenvalue weighted by molar-refractivity contribution is 5.92. The van der Waals surface area contributed by atoms with Crippen molar-refractivity contribution in [2.24, 2.45) is 5.92 Å². The summed E-state index contributed by atoms with van der Waals surface area (Å²) in [6.07, 6.45) is 3.57. The van der Waals surface area contributed by atoms with E-state index < -0.39 is 12.1 Å². The van der Waals surface area contributed by atoms with E-state index in [0.29, 0.717) is 29.6 Å². The van der Waals surface area contributed by atoms with Crippen LogP contribution < -0.4 is 14.8 Å². The molecule has 0 radical (unpaired) electrons. The molecule has 1 aromatic rings. The van der Waals surface area contributed by atoms with Gasteiger partial charge in [-0.25, -0.2) is 4.79 Å². The molecule has 1 fully saturated rings. The molecule has 1 amide bonds. The normalized spacial score (nSPS) is 20.8. The standard InChI is InChI=1S/C20H29NO5/c1-5-25-17-11-10-15(12-18(17)24-4)20(23)26-14(3)19(22)21-16-9-7-6-8-13(16)2/h10-14,16H,5-9H2,1-4H3,(H,21,22)/t13-,14-,16+/m0/s1. The number of ether oxygens (including phenoxy) is 3. The van der Waals surface area contributed by atoms with E-state index in [1.807, 2.05) is 6.92 Å². The largest absolute Gasteiger partial charge is 0.493 e. The lowest BCUT2D eigenvalue weighted by Gasteiger charge is -2.30. The van der Waals surface area contributed by atoms with Crippen LogP contribution in [0.15, 0.2) is 18.2 Å². The van der Waals surface area contributed by atoms with E-state index in [0.717, 1.165) is 19.3 Å². The minimum absolute atomic E-state index is 0.156. The molecule has 0 bridgehead atoms. The Labute approximate surface area is 155 Å². The average Bonchev–Trinajstić information content (AvgIpc) is 2.64. The minimum atomic E-state index is -0.853. The summed E-state index contributed by atoms with van der Waals surface area (Å²) in [5.74, 6) is 0.643. The fraction of sp³-hybridized carbons (Fsp3) is 0.600. The van der Waals surface area contributed by atoms with E-state index in [9.17, 15) is 9.59 Å². The van der Waals surface area contributed by atoms with Gasteiger partial charge in [0.2, 0.25) is 0 Å². The van der Waals surface area contributed by atoms with Crippen LogP contribution >= 0.6 is 0 Å². The fourth-order valence-corrected chi connectivity index (χ4v) is 3.18. The van der Waals surface area contributed by atoms with Crippen molar-refractivity contribution in [3.8, 4) is 11.5 Å². The maximum Gasteiger partial charge on any atom is 0.339 e. The van der Waals surface area contributed by atoms with E-state index in [1.54, 1.807) is 25.1 Å². The van der Waals surface area contributed by atoms with Crippen LogP contribution in [-0.4, -0.2) is 37.7 Å². The van der Waals surface area contributed by atoms with Crippen molar-refractivity contribution in [3.05, 3.63) is 23.8 Å². The summed E-state index contributed by atoms with van der Waals surface area (Å²) < 4.78 is 16.0. The Morgan fingerprint density at radius 3 is 2.62 bits per heavy atom. The Hall–Kier alpha value is -2.24. The highest BCUT2D eigenvalue weighted by atomic mass is 16.5.